The van der Waals surface area contributed by atoms with E-state index in [2.05, 4.69) is 36.1 Å². The van der Waals surface area contributed by atoms with Gasteiger partial charge in [-0.25, -0.2) is 9.97 Å². The van der Waals surface area contributed by atoms with Gasteiger partial charge in [-0.2, -0.15) is 0 Å². The summed E-state index contributed by atoms with van der Waals surface area (Å²) in [6.45, 7) is 6.37. The number of hydrogen-bond acceptors (Lipinski definition) is 4. The molecule has 0 aliphatic rings. The molecule has 0 radical (unpaired) electrons. The van der Waals surface area contributed by atoms with E-state index in [0.717, 1.165) is 12.8 Å². The van der Waals surface area contributed by atoms with E-state index in [0.29, 0.717) is 16.7 Å². The van der Waals surface area contributed by atoms with E-state index in [4.69, 9.17) is 17.3 Å². The Balaban J connectivity index is 2.94. The molecule has 1 aromatic rings. The van der Waals surface area contributed by atoms with Crippen LogP contribution in [0.15, 0.2) is 6.33 Å². The van der Waals surface area contributed by atoms with Crippen molar-refractivity contribution >= 4 is 23.1 Å². The maximum Gasteiger partial charge on any atom is 0.157 e. The Morgan fingerprint density at radius 2 is 2.00 bits per heavy atom. The van der Waals surface area contributed by atoms with Crippen molar-refractivity contribution in [3.63, 3.8) is 0 Å². The summed E-state index contributed by atoms with van der Waals surface area (Å²) in [5.74, 6) is 0.612. The Kier molecular flexibility index (Phi) is 3.74. The van der Waals surface area contributed by atoms with Gasteiger partial charge in [-0.05, 0) is 19.8 Å². The van der Waals surface area contributed by atoms with E-state index in [1.807, 2.05) is 0 Å². The van der Waals surface area contributed by atoms with Gasteiger partial charge in [0.15, 0.2) is 11.0 Å². The topological polar surface area (TPSA) is 63.8 Å². The minimum atomic E-state index is -0.00813. The first-order valence-electron chi connectivity index (χ1n) is 5.06. The predicted molar refractivity (Wildman–Crippen MR) is 64.1 cm³/mol. The van der Waals surface area contributed by atoms with Gasteiger partial charge in [0.2, 0.25) is 0 Å². The second-order valence-corrected chi connectivity index (χ2v) is 4.18. The highest BCUT2D eigenvalue weighted by molar-refractivity contribution is 6.32. The first-order chi connectivity index (χ1) is 7.02. The summed E-state index contributed by atoms with van der Waals surface area (Å²) < 4.78 is 0. The summed E-state index contributed by atoms with van der Waals surface area (Å²) >= 11 is 5.81. The maximum absolute atomic E-state index is 5.81. The molecule has 0 aliphatic heterocycles. The minimum Gasteiger partial charge on any atom is -0.393 e. The molecule has 0 saturated heterocycles. The van der Waals surface area contributed by atoms with Gasteiger partial charge in [-0.3, -0.25) is 0 Å². The average molecular weight is 229 g/mol. The number of nitrogens with two attached hydrogens (primary N) is 1. The third-order valence-electron chi connectivity index (χ3n) is 2.82. The number of aromatic nitrogens is 2. The van der Waals surface area contributed by atoms with Gasteiger partial charge >= 0.3 is 0 Å². The van der Waals surface area contributed by atoms with E-state index in [1.165, 1.54) is 6.33 Å². The standard InChI is InChI=1S/C10H17ClN4/c1-4-10(3,5-2)15-9-7(12)8(11)13-6-14-9/h6H,4-5,12H2,1-3H3,(H,13,14,15). The molecular weight excluding hydrogens is 212 g/mol. The van der Waals surface area contributed by atoms with Crippen molar-refractivity contribution in [2.24, 2.45) is 0 Å². The molecule has 0 unspecified atom stereocenters. The van der Waals surface area contributed by atoms with E-state index < -0.39 is 0 Å². The second-order valence-electron chi connectivity index (χ2n) is 3.82. The number of nitrogens with zero attached hydrogens (tertiary/aromatic N) is 2. The van der Waals surface area contributed by atoms with Crippen LogP contribution in [-0.4, -0.2) is 15.5 Å². The van der Waals surface area contributed by atoms with Crippen LogP contribution in [0, 0.1) is 0 Å². The molecule has 1 aromatic heterocycles. The molecule has 0 aliphatic carbocycles. The molecule has 15 heavy (non-hydrogen) atoms. The number of rotatable bonds is 4. The van der Waals surface area contributed by atoms with Crippen LogP contribution in [0.3, 0.4) is 0 Å². The van der Waals surface area contributed by atoms with Gasteiger partial charge in [0, 0.05) is 5.54 Å². The highest BCUT2D eigenvalue weighted by Crippen LogP contribution is 2.27. The lowest BCUT2D eigenvalue weighted by Gasteiger charge is -2.29. The molecule has 84 valence electrons. The number of hydrogen-bond donors (Lipinski definition) is 2. The Morgan fingerprint density at radius 1 is 1.40 bits per heavy atom. The first-order valence-corrected chi connectivity index (χ1v) is 5.44. The van der Waals surface area contributed by atoms with Crippen molar-refractivity contribution in [3.05, 3.63) is 11.5 Å². The lowest BCUT2D eigenvalue weighted by molar-refractivity contribution is 0.477. The van der Waals surface area contributed by atoms with Crippen LogP contribution in [0.1, 0.15) is 33.6 Å². The minimum absolute atomic E-state index is 0.00813. The molecule has 0 aromatic carbocycles. The van der Waals surface area contributed by atoms with Crippen molar-refractivity contribution in [1.29, 1.82) is 0 Å². The number of nitrogens with one attached hydrogen (secondary N) is 1. The fraction of sp³-hybridized carbons (Fsp3) is 0.600. The van der Waals surface area contributed by atoms with Crippen molar-refractivity contribution in [2.45, 2.75) is 39.2 Å². The molecule has 0 atom stereocenters. The van der Waals surface area contributed by atoms with Gasteiger partial charge in [0.1, 0.15) is 12.0 Å². The second kappa shape index (κ2) is 4.66. The summed E-state index contributed by atoms with van der Waals surface area (Å²) in [5, 5.41) is 3.60. The molecular formula is C10H17ClN4. The molecule has 5 heteroatoms. The quantitative estimate of drug-likeness (QED) is 0.778. The zero-order chi connectivity index (χ0) is 11.5. The zero-order valence-corrected chi connectivity index (χ0v) is 10.1. The van der Waals surface area contributed by atoms with Gasteiger partial charge in [0.25, 0.3) is 0 Å². The van der Waals surface area contributed by atoms with E-state index in [-0.39, 0.29) is 5.54 Å². The van der Waals surface area contributed by atoms with Crippen LogP contribution < -0.4 is 11.1 Å². The SMILES string of the molecule is CCC(C)(CC)Nc1ncnc(Cl)c1N. The van der Waals surface area contributed by atoms with Crippen LogP contribution in [0.4, 0.5) is 11.5 Å². The molecule has 1 heterocycles. The van der Waals surface area contributed by atoms with Crippen molar-refractivity contribution in [2.75, 3.05) is 11.1 Å². The molecule has 4 nitrogen and oxygen atoms in total. The Labute approximate surface area is 95.3 Å². The fourth-order valence-electron chi connectivity index (χ4n) is 1.19. The Morgan fingerprint density at radius 3 is 2.53 bits per heavy atom. The molecule has 0 fully saturated rings. The molecule has 0 saturated carbocycles. The van der Waals surface area contributed by atoms with Gasteiger partial charge in [0.05, 0.1) is 0 Å². The van der Waals surface area contributed by atoms with Crippen LogP contribution in [0.2, 0.25) is 5.15 Å². The number of anilines is 2. The average Bonchev–Trinajstić information content (AvgIpc) is 2.25. The third-order valence-corrected chi connectivity index (χ3v) is 3.12. The largest absolute Gasteiger partial charge is 0.393 e. The Bertz CT molecular complexity index is 336. The smallest absolute Gasteiger partial charge is 0.157 e. The normalized spacial score (nSPS) is 11.5. The fourth-order valence-corrected chi connectivity index (χ4v) is 1.32. The van der Waals surface area contributed by atoms with Crippen molar-refractivity contribution in [3.8, 4) is 0 Å². The summed E-state index contributed by atoms with van der Waals surface area (Å²) in [4.78, 5) is 7.90. The summed E-state index contributed by atoms with van der Waals surface area (Å²) in [6, 6.07) is 0. The highest BCUT2D eigenvalue weighted by atomic mass is 35.5. The van der Waals surface area contributed by atoms with Crippen molar-refractivity contribution in [1.82, 2.24) is 9.97 Å². The maximum atomic E-state index is 5.81. The molecule has 3 N–H and O–H groups in total. The highest BCUT2D eigenvalue weighted by Gasteiger charge is 2.21. The third kappa shape index (κ3) is 2.72. The molecule has 0 spiro atoms. The van der Waals surface area contributed by atoms with Crippen LogP contribution in [-0.2, 0) is 0 Å². The molecule has 1 rings (SSSR count). The van der Waals surface area contributed by atoms with Gasteiger partial charge < -0.3 is 11.1 Å². The monoisotopic (exact) mass is 228 g/mol. The van der Waals surface area contributed by atoms with Crippen LogP contribution >= 0.6 is 11.6 Å². The van der Waals surface area contributed by atoms with E-state index in [9.17, 15) is 0 Å². The molecule has 0 bridgehead atoms. The Hall–Kier alpha value is -1.03. The van der Waals surface area contributed by atoms with E-state index in [1.54, 1.807) is 0 Å². The van der Waals surface area contributed by atoms with Crippen LogP contribution in [0.5, 0.6) is 0 Å². The van der Waals surface area contributed by atoms with Crippen LogP contribution in [0.25, 0.3) is 0 Å². The summed E-state index contributed by atoms with van der Waals surface area (Å²) in [6.07, 6.45) is 3.39. The lowest BCUT2D eigenvalue weighted by atomic mass is 9.95. The first kappa shape index (κ1) is 12.0. The van der Waals surface area contributed by atoms with Gasteiger partial charge in [-0.1, -0.05) is 25.4 Å². The predicted octanol–water partition coefficient (Wildman–Crippen LogP) is 2.70. The summed E-state index contributed by atoms with van der Waals surface area (Å²) in [5.41, 5.74) is 6.18. The number of nitrogen functional groups attached to an aromatic ring is 1. The molecule has 0 amide bonds. The van der Waals surface area contributed by atoms with Crippen molar-refractivity contribution < 1.29 is 0 Å². The van der Waals surface area contributed by atoms with E-state index >= 15 is 0 Å². The van der Waals surface area contributed by atoms with Gasteiger partial charge in [-0.15, -0.1) is 0 Å². The zero-order valence-electron chi connectivity index (χ0n) is 9.34. The lowest BCUT2D eigenvalue weighted by Crippen LogP contribution is -2.33. The number of halogens is 1. The summed E-state index contributed by atoms with van der Waals surface area (Å²) in [7, 11) is 0.